The zero-order valence-electron chi connectivity index (χ0n) is 16.9. The number of benzene rings is 2. The molecular weight excluding hydrogens is 426 g/mol. The fourth-order valence-electron chi connectivity index (χ4n) is 2.78. The van der Waals surface area contributed by atoms with E-state index in [1.807, 2.05) is 19.9 Å². The molecule has 3 rings (SSSR count). The number of carbonyl (C=O) groups excluding carboxylic acids is 2. The number of carbonyl (C=O) groups is 2. The lowest BCUT2D eigenvalue weighted by Crippen LogP contribution is -2.32. The monoisotopic (exact) mass is 447 g/mol. The Bertz CT molecular complexity index is 976. The van der Waals surface area contributed by atoms with Gasteiger partial charge in [-0.05, 0) is 61.5 Å². The van der Waals surface area contributed by atoms with Crippen molar-refractivity contribution < 1.29 is 23.8 Å². The molecule has 2 aromatic rings. The number of para-hydroxylation sites is 1. The summed E-state index contributed by atoms with van der Waals surface area (Å²) >= 11 is 6.95. The van der Waals surface area contributed by atoms with Gasteiger partial charge in [-0.15, -0.1) is 0 Å². The average Bonchev–Trinajstić information content (AvgIpc) is 2.97. The summed E-state index contributed by atoms with van der Waals surface area (Å²) in [4.78, 5) is 26.5. The third kappa shape index (κ3) is 5.29. The van der Waals surface area contributed by atoms with Crippen LogP contribution in [-0.4, -0.2) is 42.4 Å². The molecule has 0 N–H and O–H groups in total. The number of methoxy groups -OCH3 is 1. The van der Waals surface area contributed by atoms with Crippen LogP contribution < -0.4 is 14.2 Å². The molecule has 1 heterocycles. The van der Waals surface area contributed by atoms with Gasteiger partial charge in [0.25, 0.3) is 11.1 Å². The molecule has 2 amide bonds. The van der Waals surface area contributed by atoms with E-state index in [0.717, 1.165) is 17.3 Å². The van der Waals surface area contributed by atoms with Gasteiger partial charge in [-0.2, -0.15) is 0 Å². The number of rotatable bonds is 8. The molecule has 1 aliphatic heterocycles. The molecule has 0 atom stereocenters. The summed E-state index contributed by atoms with van der Waals surface area (Å²) in [5.41, 5.74) is 0.737. The van der Waals surface area contributed by atoms with Crippen molar-refractivity contribution in [2.75, 3.05) is 20.3 Å². The van der Waals surface area contributed by atoms with Crippen LogP contribution in [0.2, 0.25) is 5.02 Å². The molecule has 0 spiro atoms. The van der Waals surface area contributed by atoms with Gasteiger partial charge in [0.2, 0.25) is 0 Å². The second-order valence-corrected chi connectivity index (χ2v) is 8.09. The molecule has 0 bridgehead atoms. The number of halogens is 1. The highest BCUT2D eigenvalue weighted by atomic mass is 35.5. The third-order valence-electron chi connectivity index (χ3n) is 4.13. The molecule has 0 unspecified atom stereocenters. The minimum atomic E-state index is -0.353. The molecule has 0 aromatic heterocycles. The molecule has 0 radical (unpaired) electrons. The lowest BCUT2D eigenvalue weighted by molar-refractivity contribution is -0.123. The molecule has 8 heteroatoms. The van der Waals surface area contributed by atoms with Crippen LogP contribution >= 0.6 is 23.4 Å². The average molecular weight is 448 g/mol. The molecule has 30 heavy (non-hydrogen) atoms. The SMILES string of the molecule is COc1cc(/C=C2\SC(=O)N(CCOc3ccccc3Cl)C2=O)ccc1OC(C)C. The van der Waals surface area contributed by atoms with Crippen molar-refractivity contribution in [2.45, 2.75) is 20.0 Å². The molecule has 1 fully saturated rings. The van der Waals surface area contributed by atoms with Crippen LogP contribution in [0.5, 0.6) is 17.2 Å². The molecule has 158 valence electrons. The lowest BCUT2D eigenvalue weighted by atomic mass is 10.2. The van der Waals surface area contributed by atoms with Gasteiger partial charge in [-0.25, -0.2) is 0 Å². The largest absolute Gasteiger partial charge is 0.493 e. The van der Waals surface area contributed by atoms with Gasteiger partial charge >= 0.3 is 0 Å². The number of ether oxygens (including phenoxy) is 3. The first-order valence-corrected chi connectivity index (χ1v) is 10.6. The highest BCUT2D eigenvalue weighted by molar-refractivity contribution is 8.18. The fraction of sp³-hybridized carbons (Fsp3) is 0.273. The maximum absolute atomic E-state index is 12.7. The number of imide groups is 1. The number of hydrogen-bond acceptors (Lipinski definition) is 6. The number of hydrogen-bond donors (Lipinski definition) is 0. The van der Waals surface area contributed by atoms with E-state index < -0.39 is 0 Å². The van der Waals surface area contributed by atoms with Crippen molar-refractivity contribution in [3.63, 3.8) is 0 Å². The summed E-state index contributed by atoms with van der Waals surface area (Å²) in [5, 5.41) is 0.145. The second-order valence-electron chi connectivity index (χ2n) is 6.69. The summed E-state index contributed by atoms with van der Waals surface area (Å²) in [6.07, 6.45) is 1.68. The third-order valence-corrected chi connectivity index (χ3v) is 5.35. The van der Waals surface area contributed by atoms with Crippen molar-refractivity contribution in [2.24, 2.45) is 0 Å². The first kappa shape index (κ1) is 22.1. The summed E-state index contributed by atoms with van der Waals surface area (Å²) in [7, 11) is 1.55. The van der Waals surface area contributed by atoms with Gasteiger partial charge in [-0.1, -0.05) is 29.8 Å². The predicted molar refractivity (Wildman–Crippen MR) is 118 cm³/mol. The molecule has 2 aromatic carbocycles. The normalized spacial score (nSPS) is 15.2. The molecule has 1 saturated heterocycles. The zero-order chi connectivity index (χ0) is 21.7. The van der Waals surface area contributed by atoms with Gasteiger partial charge < -0.3 is 14.2 Å². The maximum Gasteiger partial charge on any atom is 0.293 e. The van der Waals surface area contributed by atoms with Crippen molar-refractivity contribution in [3.05, 3.63) is 58.0 Å². The standard InChI is InChI=1S/C22H22ClNO5S/c1-14(2)29-18-9-8-15(12-19(18)27-3)13-20-21(25)24(22(26)30-20)10-11-28-17-7-5-4-6-16(17)23/h4-9,12-14H,10-11H2,1-3H3/b20-13-. The van der Waals surface area contributed by atoms with Crippen LogP contribution in [-0.2, 0) is 4.79 Å². The molecule has 0 aliphatic carbocycles. The summed E-state index contributed by atoms with van der Waals surface area (Å²) < 4.78 is 16.7. The Balaban J connectivity index is 1.68. The van der Waals surface area contributed by atoms with E-state index in [4.69, 9.17) is 25.8 Å². The van der Waals surface area contributed by atoms with Crippen molar-refractivity contribution in [1.82, 2.24) is 4.90 Å². The lowest BCUT2D eigenvalue weighted by Gasteiger charge is -2.14. The van der Waals surface area contributed by atoms with E-state index >= 15 is 0 Å². The highest BCUT2D eigenvalue weighted by Crippen LogP contribution is 2.35. The minimum absolute atomic E-state index is 0.00855. The maximum atomic E-state index is 12.7. The first-order valence-electron chi connectivity index (χ1n) is 9.36. The molecule has 1 aliphatic rings. The molecule has 6 nitrogen and oxygen atoms in total. The van der Waals surface area contributed by atoms with Crippen LogP contribution in [0.25, 0.3) is 6.08 Å². The van der Waals surface area contributed by atoms with E-state index in [1.54, 1.807) is 49.6 Å². The predicted octanol–water partition coefficient (Wildman–Crippen LogP) is 5.25. The van der Waals surface area contributed by atoms with E-state index in [2.05, 4.69) is 0 Å². The summed E-state index contributed by atoms with van der Waals surface area (Å²) in [5.74, 6) is 1.34. The quantitative estimate of drug-likeness (QED) is 0.515. The topological polar surface area (TPSA) is 65.1 Å². The van der Waals surface area contributed by atoms with Crippen molar-refractivity contribution >= 4 is 40.6 Å². The van der Waals surface area contributed by atoms with Crippen LogP contribution in [0.3, 0.4) is 0 Å². The number of nitrogens with zero attached hydrogens (tertiary/aromatic N) is 1. The first-order chi connectivity index (χ1) is 14.4. The van der Waals surface area contributed by atoms with E-state index in [0.29, 0.717) is 27.2 Å². The molecule has 0 saturated carbocycles. The molecular formula is C22H22ClNO5S. The van der Waals surface area contributed by atoms with E-state index in [1.165, 1.54) is 4.90 Å². The Labute approximate surface area is 184 Å². The Morgan fingerprint density at radius 2 is 1.87 bits per heavy atom. The van der Waals surface area contributed by atoms with Gasteiger partial charge in [0, 0.05) is 0 Å². The van der Waals surface area contributed by atoms with Crippen LogP contribution in [0.4, 0.5) is 4.79 Å². The summed E-state index contributed by atoms with van der Waals surface area (Å²) in [6.45, 7) is 4.15. The van der Waals surface area contributed by atoms with Gasteiger partial charge in [0.05, 0.1) is 29.7 Å². The van der Waals surface area contributed by atoms with Gasteiger partial charge in [0.15, 0.2) is 11.5 Å². The Hall–Kier alpha value is -2.64. The number of thioether (sulfide) groups is 1. The minimum Gasteiger partial charge on any atom is -0.493 e. The Morgan fingerprint density at radius 1 is 1.10 bits per heavy atom. The smallest absolute Gasteiger partial charge is 0.293 e. The summed E-state index contributed by atoms with van der Waals surface area (Å²) in [6, 6.07) is 12.4. The van der Waals surface area contributed by atoms with E-state index in [9.17, 15) is 9.59 Å². The van der Waals surface area contributed by atoms with Crippen LogP contribution in [0.15, 0.2) is 47.4 Å². The van der Waals surface area contributed by atoms with Crippen molar-refractivity contribution in [1.29, 1.82) is 0 Å². The fourth-order valence-corrected chi connectivity index (χ4v) is 3.83. The van der Waals surface area contributed by atoms with Crippen LogP contribution in [0.1, 0.15) is 19.4 Å². The highest BCUT2D eigenvalue weighted by Gasteiger charge is 2.34. The van der Waals surface area contributed by atoms with Gasteiger partial charge in [0.1, 0.15) is 12.4 Å². The van der Waals surface area contributed by atoms with E-state index in [-0.39, 0.29) is 30.4 Å². The second kappa shape index (κ2) is 9.91. The van der Waals surface area contributed by atoms with Crippen molar-refractivity contribution in [3.8, 4) is 17.2 Å². The van der Waals surface area contributed by atoms with Crippen LogP contribution in [0, 0.1) is 0 Å². The van der Waals surface area contributed by atoms with Gasteiger partial charge in [-0.3, -0.25) is 14.5 Å². The Kier molecular flexibility index (Phi) is 7.29. The zero-order valence-corrected chi connectivity index (χ0v) is 18.5. The number of amides is 2. The Morgan fingerprint density at radius 3 is 2.57 bits per heavy atom.